The predicted octanol–water partition coefficient (Wildman–Crippen LogP) is 5.99. The zero-order valence-corrected chi connectivity index (χ0v) is 19.6. The molecule has 0 bridgehead atoms. The molecule has 1 amide bonds. The van der Waals surface area contributed by atoms with E-state index in [1.54, 1.807) is 12.1 Å². The van der Waals surface area contributed by atoms with Gasteiger partial charge in [0.15, 0.2) is 0 Å². The minimum atomic E-state index is -0.222. The monoisotopic (exact) mass is 464 g/mol. The van der Waals surface area contributed by atoms with Crippen LogP contribution in [0.4, 0.5) is 0 Å². The second-order valence-electron chi connectivity index (χ2n) is 7.78. The van der Waals surface area contributed by atoms with Gasteiger partial charge in [-0.1, -0.05) is 72.8 Å². The topological polar surface area (TPSA) is 59.6 Å². The van der Waals surface area contributed by atoms with Gasteiger partial charge in [-0.15, -0.1) is 0 Å². The first-order chi connectivity index (χ1) is 17.2. The van der Waals surface area contributed by atoms with E-state index in [1.807, 2.05) is 110 Å². The summed E-state index contributed by atoms with van der Waals surface area (Å²) in [5.41, 5.74) is 10.3. The van der Waals surface area contributed by atoms with Crippen molar-refractivity contribution in [3.63, 3.8) is 0 Å². The van der Waals surface area contributed by atoms with E-state index < -0.39 is 0 Å². The van der Waals surface area contributed by atoms with Crippen LogP contribution in [0.25, 0.3) is 5.57 Å². The van der Waals surface area contributed by atoms with E-state index in [2.05, 4.69) is 10.9 Å². The van der Waals surface area contributed by atoms with E-state index >= 15 is 0 Å². The number of hydrogen-bond donors (Lipinski definition) is 2. The molecule has 0 aromatic heterocycles. The molecule has 0 aliphatic rings. The fraction of sp³-hybridized carbons (Fsp3) is 0.100. The molecule has 4 rings (SSSR count). The Bertz CT molecular complexity index is 1200. The number of ether oxygens (including phenoxy) is 2. The van der Waals surface area contributed by atoms with Gasteiger partial charge in [0.25, 0.3) is 5.91 Å². The summed E-state index contributed by atoms with van der Waals surface area (Å²) in [5.74, 6) is 1.36. The van der Waals surface area contributed by atoms with Gasteiger partial charge in [0, 0.05) is 17.3 Å². The molecule has 176 valence electrons. The lowest BCUT2D eigenvalue weighted by Crippen LogP contribution is -2.33. The van der Waals surface area contributed by atoms with Crippen LogP contribution in [-0.2, 0) is 6.61 Å². The van der Waals surface area contributed by atoms with Crippen molar-refractivity contribution in [1.29, 1.82) is 0 Å². The first kappa shape index (κ1) is 23.6. The summed E-state index contributed by atoms with van der Waals surface area (Å²) in [4.78, 5) is 12.6. The Kier molecular flexibility index (Phi) is 8.17. The molecule has 5 nitrogen and oxygen atoms in total. The minimum Gasteiger partial charge on any atom is -0.494 e. The van der Waals surface area contributed by atoms with Gasteiger partial charge in [-0.25, -0.2) is 0 Å². The number of hydrazine groups is 1. The molecule has 0 aliphatic carbocycles. The van der Waals surface area contributed by atoms with Gasteiger partial charge >= 0.3 is 0 Å². The Morgan fingerprint density at radius 1 is 0.686 bits per heavy atom. The normalized spacial score (nSPS) is 10.2. The maximum Gasteiger partial charge on any atom is 0.269 e. The third kappa shape index (κ3) is 6.74. The highest BCUT2D eigenvalue weighted by molar-refractivity contribution is 5.94. The van der Waals surface area contributed by atoms with Gasteiger partial charge < -0.3 is 14.9 Å². The van der Waals surface area contributed by atoms with Crippen LogP contribution >= 0.6 is 0 Å². The van der Waals surface area contributed by atoms with Gasteiger partial charge in [0.2, 0.25) is 0 Å². The maximum atomic E-state index is 12.6. The van der Waals surface area contributed by atoms with Gasteiger partial charge in [-0.2, -0.15) is 0 Å². The van der Waals surface area contributed by atoms with E-state index in [1.165, 1.54) is 0 Å². The van der Waals surface area contributed by atoms with Crippen molar-refractivity contribution in [2.24, 2.45) is 0 Å². The van der Waals surface area contributed by atoms with Crippen molar-refractivity contribution in [3.8, 4) is 11.5 Å². The molecule has 4 aromatic rings. The standard InChI is InChI=1S/C30H28N2O3/c1-2-34-27-17-19-28(20-18-27)35-22-23-13-15-26(16-14-23)30(33)32-31-21-29(24-9-5-3-6-10-24)25-11-7-4-8-12-25/h3-21,31H,2,22H2,1H3,(H,32,33). The molecular formula is C30H28N2O3. The lowest BCUT2D eigenvalue weighted by molar-refractivity contribution is 0.0941. The Labute approximate surface area is 206 Å². The summed E-state index contributed by atoms with van der Waals surface area (Å²) in [5, 5.41) is 0. The van der Waals surface area contributed by atoms with Crippen LogP contribution in [-0.4, -0.2) is 12.5 Å². The first-order valence-corrected chi connectivity index (χ1v) is 11.5. The molecule has 0 aliphatic heterocycles. The van der Waals surface area contributed by atoms with Crippen LogP contribution in [0.5, 0.6) is 11.5 Å². The highest BCUT2D eigenvalue weighted by Crippen LogP contribution is 2.22. The van der Waals surface area contributed by atoms with Crippen molar-refractivity contribution in [2.45, 2.75) is 13.5 Å². The maximum absolute atomic E-state index is 12.6. The van der Waals surface area contributed by atoms with E-state index in [-0.39, 0.29) is 5.91 Å². The zero-order valence-electron chi connectivity index (χ0n) is 19.6. The fourth-order valence-corrected chi connectivity index (χ4v) is 3.53. The molecule has 0 saturated heterocycles. The van der Waals surface area contributed by atoms with Crippen LogP contribution in [0.2, 0.25) is 0 Å². The second-order valence-corrected chi connectivity index (χ2v) is 7.78. The van der Waals surface area contributed by atoms with E-state index in [4.69, 9.17) is 9.47 Å². The quantitative estimate of drug-likeness (QED) is 0.283. The van der Waals surface area contributed by atoms with Crippen molar-refractivity contribution in [2.75, 3.05) is 6.61 Å². The van der Waals surface area contributed by atoms with E-state index in [0.29, 0.717) is 18.8 Å². The number of amides is 1. The van der Waals surface area contributed by atoms with Gasteiger partial charge in [-0.05, 0) is 60.0 Å². The number of benzene rings is 4. The third-order valence-corrected chi connectivity index (χ3v) is 5.33. The SMILES string of the molecule is CCOc1ccc(OCc2ccc(C(=O)NNC=C(c3ccccc3)c3ccccc3)cc2)cc1. The van der Waals surface area contributed by atoms with Gasteiger partial charge in [-0.3, -0.25) is 10.2 Å². The van der Waals surface area contributed by atoms with Crippen LogP contribution in [0.15, 0.2) is 115 Å². The van der Waals surface area contributed by atoms with Crippen LogP contribution < -0.4 is 20.3 Å². The fourth-order valence-electron chi connectivity index (χ4n) is 3.53. The molecule has 0 unspecified atom stereocenters. The summed E-state index contributed by atoms with van der Waals surface area (Å²) in [6.07, 6.45) is 1.81. The highest BCUT2D eigenvalue weighted by atomic mass is 16.5. The third-order valence-electron chi connectivity index (χ3n) is 5.33. The molecule has 0 heterocycles. The predicted molar refractivity (Wildman–Crippen MR) is 139 cm³/mol. The summed E-state index contributed by atoms with van der Waals surface area (Å²) < 4.78 is 11.3. The Morgan fingerprint density at radius 3 is 1.77 bits per heavy atom. The summed E-state index contributed by atoms with van der Waals surface area (Å²) in [7, 11) is 0. The second kappa shape index (κ2) is 12.1. The Hall–Kier alpha value is -4.51. The molecule has 0 atom stereocenters. The molecule has 0 spiro atoms. The number of carbonyl (C=O) groups is 1. The number of rotatable bonds is 10. The number of carbonyl (C=O) groups excluding carboxylic acids is 1. The van der Waals surface area contributed by atoms with Crippen molar-refractivity contribution in [3.05, 3.63) is 138 Å². The molecule has 4 aromatic carbocycles. The lowest BCUT2D eigenvalue weighted by Gasteiger charge is -2.11. The number of hydrogen-bond acceptors (Lipinski definition) is 4. The molecule has 0 saturated carbocycles. The number of nitrogens with one attached hydrogen (secondary N) is 2. The van der Waals surface area contributed by atoms with Gasteiger partial charge in [0.1, 0.15) is 18.1 Å². The summed E-state index contributed by atoms with van der Waals surface area (Å²) in [6, 6.07) is 35.0. The largest absolute Gasteiger partial charge is 0.494 e. The molecule has 0 fully saturated rings. The molecule has 2 N–H and O–H groups in total. The van der Waals surface area contributed by atoms with Crippen molar-refractivity contribution >= 4 is 11.5 Å². The molecule has 35 heavy (non-hydrogen) atoms. The molecule has 0 radical (unpaired) electrons. The Morgan fingerprint density at radius 2 is 1.23 bits per heavy atom. The lowest BCUT2D eigenvalue weighted by atomic mass is 9.99. The first-order valence-electron chi connectivity index (χ1n) is 11.5. The van der Waals surface area contributed by atoms with Crippen molar-refractivity contribution < 1.29 is 14.3 Å². The Balaban J connectivity index is 1.34. The van der Waals surface area contributed by atoms with E-state index in [0.717, 1.165) is 33.8 Å². The average Bonchev–Trinajstić information content (AvgIpc) is 2.92. The zero-order chi connectivity index (χ0) is 24.3. The van der Waals surface area contributed by atoms with Crippen LogP contribution in [0.1, 0.15) is 34.0 Å². The van der Waals surface area contributed by atoms with Crippen LogP contribution in [0, 0.1) is 0 Å². The smallest absolute Gasteiger partial charge is 0.269 e. The van der Waals surface area contributed by atoms with Crippen LogP contribution in [0.3, 0.4) is 0 Å². The molecule has 5 heteroatoms. The average molecular weight is 465 g/mol. The van der Waals surface area contributed by atoms with Gasteiger partial charge in [0.05, 0.1) is 6.61 Å². The molecular weight excluding hydrogens is 436 g/mol. The van der Waals surface area contributed by atoms with Crippen molar-refractivity contribution in [1.82, 2.24) is 10.9 Å². The van der Waals surface area contributed by atoms with E-state index in [9.17, 15) is 4.79 Å². The summed E-state index contributed by atoms with van der Waals surface area (Å²) in [6.45, 7) is 3.00. The minimum absolute atomic E-state index is 0.222. The summed E-state index contributed by atoms with van der Waals surface area (Å²) >= 11 is 0. The highest BCUT2D eigenvalue weighted by Gasteiger charge is 2.07.